The Labute approximate surface area is 373 Å². The lowest BCUT2D eigenvalue weighted by Gasteiger charge is -2.41. The van der Waals surface area contributed by atoms with Crippen LogP contribution in [0.2, 0.25) is 0 Å². The van der Waals surface area contributed by atoms with Crippen LogP contribution in [0.3, 0.4) is 0 Å². The average molecular weight is 847 g/mol. The molecule has 4 N–H and O–H groups in total. The van der Waals surface area contributed by atoms with Crippen molar-refractivity contribution in [3.63, 3.8) is 0 Å². The van der Waals surface area contributed by atoms with Crippen LogP contribution < -0.4 is 21.3 Å². The lowest BCUT2D eigenvalue weighted by Crippen LogP contribution is -2.59. The van der Waals surface area contributed by atoms with Gasteiger partial charge in [-0.15, -0.1) is 0 Å². The van der Waals surface area contributed by atoms with Crippen LogP contribution in [0, 0.1) is 0 Å². The fourth-order valence-electron chi connectivity index (χ4n) is 11.5. The number of nitrogens with one attached hydrogen (secondary N) is 4. The Kier molecular flexibility index (Phi) is 16.5. The van der Waals surface area contributed by atoms with Gasteiger partial charge in [-0.25, -0.2) is 9.98 Å². The number of amides is 2. The summed E-state index contributed by atoms with van der Waals surface area (Å²) in [5, 5.41) is 15.1. The van der Waals surface area contributed by atoms with Gasteiger partial charge in [0.1, 0.15) is 12.1 Å². The second kappa shape index (κ2) is 23.0. The molecule has 2 amide bonds. The summed E-state index contributed by atoms with van der Waals surface area (Å²) in [5.74, 6) is 1.90. The van der Waals surface area contributed by atoms with E-state index in [2.05, 4.69) is 55.3 Å². The molecule has 2 saturated heterocycles. The molecule has 4 aliphatic carbocycles. The van der Waals surface area contributed by atoms with Gasteiger partial charge in [0.2, 0.25) is 11.8 Å². The van der Waals surface area contributed by atoms with Gasteiger partial charge in [0, 0.05) is 25.2 Å². The molecule has 0 aromatic heterocycles. The van der Waals surface area contributed by atoms with E-state index in [0.29, 0.717) is 24.2 Å². The van der Waals surface area contributed by atoms with Crippen LogP contribution in [0.15, 0.2) is 70.6 Å². The number of likely N-dealkylation sites (tertiary alicyclic amines) is 2. The monoisotopic (exact) mass is 847 g/mol. The molecule has 0 spiro atoms. The number of guanidine groups is 2. The Balaban J connectivity index is 1.08. The zero-order chi connectivity index (χ0) is 42.4. The molecule has 10 nitrogen and oxygen atoms in total. The first-order valence-corrected chi connectivity index (χ1v) is 25.5. The molecule has 8 rings (SSSR count). The predicted molar refractivity (Wildman–Crippen MR) is 252 cm³/mol. The van der Waals surface area contributed by atoms with Gasteiger partial charge in [-0.2, -0.15) is 0 Å². The molecule has 338 valence electrons. The van der Waals surface area contributed by atoms with Crippen molar-refractivity contribution in [1.82, 2.24) is 31.1 Å². The van der Waals surface area contributed by atoms with E-state index >= 15 is 9.59 Å². The number of carbonyl (C=O) groups is 2. The quantitative estimate of drug-likeness (QED) is 0.132. The molecule has 6 aliphatic rings. The number of rotatable bonds is 11. The maximum absolute atomic E-state index is 15.1. The summed E-state index contributed by atoms with van der Waals surface area (Å²) in [6.45, 7) is 1.63. The number of benzene rings is 2. The lowest BCUT2D eigenvalue weighted by molar-refractivity contribution is -0.129. The van der Waals surface area contributed by atoms with Crippen molar-refractivity contribution in [2.75, 3.05) is 13.1 Å². The zero-order valence-electron chi connectivity index (χ0n) is 37.8. The smallest absolute Gasteiger partial charge is 0.243 e. The summed E-state index contributed by atoms with van der Waals surface area (Å²) >= 11 is 0. The summed E-state index contributed by atoms with van der Waals surface area (Å²) < 4.78 is 0. The molecule has 0 bridgehead atoms. The van der Waals surface area contributed by atoms with Gasteiger partial charge in [-0.1, -0.05) is 138 Å². The molecular formula is C52H78N8O2. The van der Waals surface area contributed by atoms with Crippen LogP contribution in [-0.4, -0.2) is 82.9 Å². The minimum atomic E-state index is -0.489. The van der Waals surface area contributed by atoms with Gasteiger partial charge in [-0.05, 0) is 101 Å². The van der Waals surface area contributed by atoms with Crippen LogP contribution in [0.25, 0.3) is 0 Å². The van der Waals surface area contributed by atoms with E-state index in [4.69, 9.17) is 9.98 Å². The summed E-state index contributed by atoms with van der Waals surface area (Å²) in [6, 6.07) is 20.4. The minimum Gasteiger partial charge on any atom is -0.353 e. The molecule has 62 heavy (non-hydrogen) atoms. The first-order chi connectivity index (χ1) is 30.6. The van der Waals surface area contributed by atoms with Crippen molar-refractivity contribution in [2.45, 2.75) is 215 Å². The summed E-state index contributed by atoms with van der Waals surface area (Å²) in [4.78, 5) is 45.9. The van der Waals surface area contributed by atoms with Crippen molar-refractivity contribution in [2.24, 2.45) is 9.98 Å². The molecule has 2 aliphatic heterocycles. The van der Waals surface area contributed by atoms with E-state index in [-0.39, 0.29) is 23.9 Å². The summed E-state index contributed by atoms with van der Waals surface area (Å²) in [7, 11) is 0. The van der Waals surface area contributed by atoms with E-state index in [0.717, 1.165) is 126 Å². The first-order valence-electron chi connectivity index (χ1n) is 25.5. The molecule has 2 heterocycles. The van der Waals surface area contributed by atoms with Gasteiger partial charge in [0.15, 0.2) is 11.9 Å². The largest absolute Gasteiger partial charge is 0.353 e. The van der Waals surface area contributed by atoms with Crippen LogP contribution in [0.1, 0.15) is 190 Å². The van der Waals surface area contributed by atoms with Crippen molar-refractivity contribution in [3.8, 4) is 0 Å². The maximum Gasteiger partial charge on any atom is 0.243 e. The molecule has 4 atom stereocenters. The minimum absolute atomic E-state index is 0.00778. The van der Waals surface area contributed by atoms with Crippen molar-refractivity contribution in [1.29, 1.82) is 0 Å². The Morgan fingerprint density at radius 2 is 0.774 bits per heavy atom. The molecule has 2 aromatic carbocycles. The predicted octanol–water partition coefficient (Wildman–Crippen LogP) is 9.63. The van der Waals surface area contributed by atoms with Crippen molar-refractivity contribution in [3.05, 3.63) is 71.8 Å². The summed E-state index contributed by atoms with van der Waals surface area (Å²) in [5.41, 5.74) is 1.96. The third-order valence-corrected chi connectivity index (χ3v) is 15.0. The number of hydrogen-bond donors (Lipinski definition) is 4. The topological polar surface area (TPSA) is 113 Å². The van der Waals surface area contributed by atoms with Crippen LogP contribution in [-0.2, 0) is 9.59 Å². The average Bonchev–Trinajstić information content (AvgIpc) is 3.34. The third-order valence-electron chi connectivity index (χ3n) is 15.0. The fourth-order valence-corrected chi connectivity index (χ4v) is 11.5. The highest BCUT2D eigenvalue weighted by Crippen LogP contribution is 2.33. The molecule has 10 heteroatoms. The third kappa shape index (κ3) is 12.1. The second-order valence-corrected chi connectivity index (χ2v) is 19.7. The van der Waals surface area contributed by atoms with Gasteiger partial charge < -0.3 is 31.1 Å². The highest BCUT2D eigenvalue weighted by molar-refractivity contribution is 5.91. The second-order valence-electron chi connectivity index (χ2n) is 19.7. The molecule has 0 radical (unpaired) electrons. The lowest BCUT2D eigenvalue weighted by atomic mass is 9.91. The number of nitrogens with zero attached hydrogens (tertiary/aromatic N) is 4. The summed E-state index contributed by atoms with van der Waals surface area (Å²) in [6.07, 6.45) is 29.8. The normalized spacial score (nSPS) is 25.4. The molecule has 2 aromatic rings. The number of hydrogen-bond acceptors (Lipinski definition) is 4. The van der Waals surface area contributed by atoms with Crippen LogP contribution in [0.5, 0.6) is 0 Å². The van der Waals surface area contributed by atoms with Crippen LogP contribution >= 0.6 is 0 Å². The van der Waals surface area contributed by atoms with E-state index in [1.807, 2.05) is 36.4 Å². The van der Waals surface area contributed by atoms with Gasteiger partial charge in [0.25, 0.3) is 0 Å². The maximum atomic E-state index is 15.1. The molecular weight excluding hydrogens is 769 g/mol. The first kappa shape index (κ1) is 44.5. The SMILES string of the molecule is O=C(N[C@@H](c1ccccc1)[C@@H](NC(=O)[C@@H]1CCCCN1C(=NC1CCCCC1)NC1CCCCC1)c1ccccc1)[C@@H]1CCCCN1C(=NC1CCCCC1)NC1CCCCC1. The number of piperidine rings is 2. The Hall–Kier alpha value is -4.08. The highest BCUT2D eigenvalue weighted by Gasteiger charge is 2.39. The standard InChI is InChI=1S/C52H78N8O2/c61-49(45-35-19-21-37-59(45)51(53-41-27-11-3-12-28-41)54-42-29-13-4-14-30-42)57-47(39-23-7-1-8-24-39)48(40-25-9-2-10-26-40)58-50(62)46-36-20-22-38-60(46)52(55-43-31-15-5-16-32-43)56-44-33-17-6-18-34-44/h1-2,7-10,23-26,41-48H,3-6,11-22,27-38H2,(H,53,54)(H,55,56)(H,57,61)(H,58,62)/t45-,46-,47-,48-/m0/s1. The van der Waals surface area contributed by atoms with E-state index < -0.39 is 12.1 Å². The Morgan fingerprint density at radius 1 is 0.435 bits per heavy atom. The zero-order valence-corrected chi connectivity index (χ0v) is 37.8. The van der Waals surface area contributed by atoms with E-state index in [1.54, 1.807) is 0 Å². The van der Waals surface area contributed by atoms with Crippen molar-refractivity contribution < 1.29 is 9.59 Å². The fraction of sp³-hybridized carbons (Fsp3) is 0.692. The molecule has 0 unspecified atom stereocenters. The van der Waals surface area contributed by atoms with Gasteiger partial charge in [-0.3, -0.25) is 9.59 Å². The van der Waals surface area contributed by atoms with Gasteiger partial charge >= 0.3 is 0 Å². The van der Waals surface area contributed by atoms with Gasteiger partial charge in [0.05, 0.1) is 24.2 Å². The van der Waals surface area contributed by atoms with E-state index in [1.165, 1.54) is 77.0 Å². The molecule has 4 saturated carbocycles. The Morgan fingerprint density at radius 3 is 1.15 bits per heavy atom. The van der Waals surface area contributed by atoms with E-state index in [9.17, 15) is 0 Å². The van der Waals surface area contributed by atoms with Crippen LogP contribution in [0.4, 0.5) is 0 Å². The van der Waals surface area contributed by atoms with Crippen molar-refractivity contribution >= 4 is 23.7 Å². The highest BCUT2D eigenvalue weighted by atomic mass is 16.2. The number of carbonyl (C=O) groups excluding carboxylic acids is 2. The molecule has 6 fully saturated rings. The Bertz CT molecular complexity index is 1600. The number of aliphatic imine (C=N–C) groups is 2.